The van der Waals surface area contributed by atoms with Crippen LogP contribution >= 0.6 is 0 Å². The molecule has 1 nitrogen and oxygen atoms in total. The van der Waals surface area contributed by atoms with Crippen LogP contribution in [0.2, 0.25) is 0 Å². The standard InChI is InChI=1S/C12H17N/c1-9-4-5-12(11(3)6-9)7-10(2)8-13/h4-7H,8,13H2,1-3H3/b10-7-. The minimum Gasteiger partial charge on any atom is -0.327 e. The minimum absolute atomic E-state index is 0.632. The van der Waals surface area contributed by atoms with Crippen molar-refractivity contribution in [2.24, 2.45) is 5.73 Å². The highest BCUT2D eigenvalue weighted by molar-refractivity contribution is 5.56. The number of benzene rings is 1. The fraction of sp³-hybridized carbons (Fsp3) is 0.333. The lowest BCUT2D eigenvalue weighted by molar-refractivity contribution is 1.15. The molecule has 0 aromatic heterocycles. The summed E-state index contributed by atoms with van der Waals surface area (Å²) in [6.45, 7) is 6.92. The number of aryl methyl sites for hydroxylation is 2. The lowest BCUT2D eigenvalue weighted by Crippen LogP contribution is -1.99. The van der Waals surface area contributed by atoms with E-state index in [1.54, 1.807) is 0 Å². The van der Waals surface area contributed by atoms with E-state index in [4.69, 9.17) is 5.73 Å². The van der Waals surface area contributed by atoms with Crippen molar-refractivity contribution in [2.75, 3.05) is 6.54 Å². The van der Waals surface area contributed by atoms with Crippen LogP contribution in [0.3, 0.4) is 0 Å². The Hall–Kier alpha value is -1.08. The van der Waals surface area contributed by atoms with Crippen molar-refractivity contribution in [2.45, 2.75) is 20.8 Å². The predicted octanol–water partition coefficient (Wildman–Crippen LogP) is 2.67. The summed E-state index contributed by atoms with van der Waals surface area (Å²) < 4.78 is 0. The molecule has 0 saturated carbocycles. The van der Waals surface area contributed by atoms with Gasteiger partial charge in [0, 0.05) is 6.54 Å². The SMILES string of the molecule is C/C(=C/c1ccc(C)cc1C)CN. The molecule has 0 spiro atoms. The molecule has 0 radical (unpaired) electrons. The first-order chi connectivity index (χ1) is 6.13. The van der Waals surface area contributed by atoms with Crippen molar-refractivity contribution in [3.8, 4) is 0 Å². The van der Waals surface area contributed by atoms with Crippen LogP contribution < -0.4 is 5.73 Å². The second-order valence-electron chi connectivity index (χ2n) is 3.55. The molecule has 2 N–H and O–H groups in total. The van der Waals surface area contributed by atoms with Gasteiger partial charge in [0.15, 0.2) is 0 Å². The van der Waals surface area contributed by atoms with Crippen molar-refractivity contribution < 1.29 is 0 Å². The Morgan fingerprint density at radius 1 is 1.38 bits per heavy atom. The third-order valence-corrected chi connectivity index (χ3v) is 2.15. The minimum atomic E-state index is 0.632. The van der Waals surface area contributed by atoms with Crippen LogP contribution in [0.1, 0.15) is 23.6 Å². The maximum absolute atomic E-state index is 5.53. The van der Waals surface area contributed by atoms with Crippen molar-refractivity contribution in [3.63, 3.8) is 0 Å². The van der Waals surface area contributed by atoms with E-state index in [2.05, 4.69) is 45.0 Å². The van der Waals surface area contributed by atoms with Gasteiger partial charge in [-0.05, 0) is 31.9 Å². The number of hydrogen-bond donors (Lipinski definition) is 1. The smallest absolute Gasteiger partial charge is 0.0137 e. The summed E-state index contributed by atoms with van der Waals surface area (Å²) in [4.78, 5) is 0. The van der Waals surface area contributed by atoms with E-state index in [-0.39, 0.29) is 0 Å². The monoisotopic (exact) mass is 175 g/mol. The van der Waals surface area contributed by atoms with Crippen LogP contribution in [0.5, 0.6) is 0 Å². The molecule has 0 unspecified atom stereocenters. The van der Waals surface area contributed by atoms with Gasteiger partial charge in [0.25, 0.3) is 0 Å². The Kier molecular flexibility index (Phi) is 3.26. The Morgan fingerprint density at radius 3 is 2.62 bits per heavy atom. The van der Waals surface area contributed by atoms with Gasteiger partial charge in [0.05, 0.1) is 0 Å². The molecule has 0 bridgehead atoms. The third-order valence-electron chi connectivity index (χ3n) is 2.15. The van der Waals surface area contributed by atoms with E-state index in [0.717, 1.165) is 0 Å². The number of rotatable bonds is 2. The maximum Gasteiger partial charge on any atom is 0.0137 e. The zero-order chi connectivity index (χ0) is 9.84. The highest BCUT2D eigenvalue weighted by atomic mass is 14.5. The molecule has 1 rings (SSSR count). The highest BCUT2D eigenvalue weighted by Gasteiger charge is 1.95. The highest BCUT2D eigenvalue weighted by Crippen LogP contribution is 2.13. The zero-order valence-corrected chi connectivity index (χ0v) is 8.59. The fourth-order valence-electron chi connectivity index (χ4n) is 1.31. The van der Waals surface area contributed by atoms with E-state index >= 15 is 0 Å². The molecule has 13 heavy (non-hydrogen) atoms. The van der Waals surface area contributed by atoms with Gasteiger partial charge in [-0.15, -0.1) is 0 Å². The fourth-order valence-corrected chi connectivity index (χ4v) is 1.31. The van der Waals surface area contributed by atoms with Crippen LogP contribution in [0.25, 0.3) is 6.08 Å². The first-order valence-electron chi connectivity index (χ1n) is 4.58. The average molecular weight is 175 g/mol. The maximum atomic E-state index is 5.53. The second kappa shape index (κ2) is 4.24. The molecule has 0 atom stereocenters. The van der Waals surface area contributed by atoms with Gasteiger partial charge in [0.1, 0.15) is 0 Å². The van der Waals surface area contributed by atoms with Crippen molar-refractivity contribution in [1.29, 1.82) is 0 Å². The summed E-state index contributed by atoms with van der Waals surface area (Å²) >= 11 is 0. The zero-order valence-electron chi connectivity index (χ0n) is 8.59. The largest absolute Gasteiger partial charge is 0.327 e. The Labute approximate surface area is 80.3 Å². The first-order valence-corrected chi connectivity index (χ1v) is 4.58. The van der Waals surface area contributed by atoms with E-state index in [1.807, 2.05) is 0 Å². The van der Waals surface area contributed by atoms with Gasteiger partial charge in [-0.1, -0.05) is 35.4 Å². The van der Waals surface area contributed by atoms with Crippen molar-refractivity contribution in [3.05, 3.63) is 40.5 Å². The molecule has 0 saturated heterocycles. The normalized spacial score (nSPS) is 11.8. The van der Waals surface area contributed by atoms with Crippen molar-refractivity contribution >= 4 is 6.08 Å². The van der Waals surface area contributed by atoms with Gasteiger partial charge in [-0.2, -0.15) is 0 Å². The molecule has 0 aliphatic rings. The Bertz CT molecular complexity index is 324. The third kappa shape index (κ3) is 2.71. The molecule has 0 heterocycles. The summed E-state index contributed by atoms with van der Waals surface area (Å²) in [7, 11) is 0. The van der Waals surface area contributed by atoms with Crippen LogP contribution in [-0.2, 0) is 0 Å². The van der Waals surface area contributed by atoms with Gasteiger partial charge >= 0.3 is 0 Å². The lowest BCUT2D eigenvalue weighted by Gasteiger charge is -2.03. The first kappa shape index (κ1) is 10.0. The van der Waals surface area contributed by atoms with E-state index < -0.39 is 0 Å². The molecule has 1 aromatic rings. The summed E-state index contributed by atoms with van der Waals surface area (Å²) in [5, 5.41) is 0. The molecule has 1 heteroatoms. The summed E-state index contributed by atoms with van der Waals surface area (Å²) in [6, 6.07) is 6.46. The van der Waals surface area contributed by atoms with Crippen LogP contribution in [0.15, 0.2) is 23.8 Å². The van der Waals surface area contributed by atoms with Gasteiger partial charge in [-0.25, -0.2) is 0 Å². The summed E-state index contributed by atoms with van der Waals surface area (Å²) in [6.07, 6.45) is 2.15. The van der Waals surface area contributed by atoms with Crippen LogP contribution in [-0.4, -0.2) is 6.54 Å². The quantitative estimate of drug-likeness (QED) is 0.734. The lowest BCUT2D eigenvalue weighted by atomic mass is 10.0. The Balaban J connectivity index is 3.03. The average Bonchev–Trinajstić information content (AvgIpc) is 2.09. The summed E-state index contributed by atoms with van der Waals surface area (Å²) in [5.74, 6) is 0. The van der Waals surface area contributed by atoms with E-state index in [1.165, 1.54) is 22.3 Å². The molecule has 0 aliphatic carbocycles. The molecular weight excluding hydrogens is 158 g/mol. The number of nitrogens with two attached hydrogens (primary N) is 1. The topological polar surface area (TPSA) is 26.0 Å². The number of hydrogen-bond acceptors (Lipinski definition) is 1. The molecule has 0 aliphatic heterocycles. The molecule has 0 fully saturated rings. The molecule has 1 aromatic carbocycles. The van der Waals surface area contributed by atoms with Crippen LogP contribution in [0.4, 0.5) is 0 Å². The second-order valence-corrected chi connectivity index (χ2v) is 3.55. The van der Waals surface area contributed by atoms with Crippen LogP contribution in [0, 0.1) is 13.8 Å². The molecule has 70 valence electrons. The van der Waals surface area contributed by atoms with E-state index in [9.17, 15) is 0 Å². The van der Waals surface area contributed by atoms with E-state index in [0.29, 0.717) is 6.54 Å². The van der Waals surface area contributed by atoms with Crippen molar-refractivity contribution in [1.82, 2.24) is 0 Å². The predicted molar refractivity (Wildman–Crippen MR) is 58.6 cm³/mol. The summed E-state index contributed by atoms with van der Waals surface area (Å²) in [5.41, 5.74) is 10.6. The van der Waals surface area contributed by atoms with Gasteiger partial charge in [-0.3, -0.25) is 0 Å². The molecule has 0 amide bonds. The molecular formula is C12H17N. The van der Waals surface area contributed by atoms with Gasteiger partial charge < -0.3 is 5.73 Å². The van der Waals surface area contributed by atoms with Gasteiger partial charge in [0.2, 0.25) is 0 Å². The Morgan fingerprint density at radius 2 is 2.08 bits per heavy atom.